The lowest BCUT2D eigenvalue weighted by molar-refractivity contribution is -0.115. The molecule has 156 valence electrons. The number of methoxy groups -OCH3 is 1. The molecule has 1 unspecified atom stereocenters. The molecule has 0 saturated heterocycles. The minimum absolute atomic E-state index is 0.0288. The van der Waals surface area contributed by atoms with E-state index in [0.717, 1.165) is 0 Å². The maximum absolute atomic E-state index is 12.5. The highest BCUT2D eigenvalue weighted by Gasteiger charge is 2.19. The molecule has 1 atom stereocenters. The quantitative estimate of drug-likeness (QED) is 0.660. The second-order valence-corrected chi connectivity index (χ2v) is 8.18. The summed E-state index contributed by atoms with van der Waals surface area (Å²) in [5.41, 5.74) is 1.11. The van der Waals surface area contributed by atoms with Crippen molar-refractivity contribution in [2.24, 2.45) is 0 Å². The van der Waals surface area contributed by atoms with Crippen LogP contribution in [0.15, 0.2) is 30.5 Å². The highest BCUT2D eigenvalue weighted by molar-refractivity contribution is 6.30. The van der Waals surface area contributed by atoms with Crippen LogP contribution in [0, 0.1) is 0 Å². The number of aromatic nitrogens is 1. The maximum Gasteiger partial charge on any atom is 0.270 e. The first kappa shape index (κ1) is 22.6. The van der Waals surface area contributed by atoms with E-state index in [2.05, 4.69) is 15.6 Å². The molecule has 0 aliphatic heterocycles. The summed E-state index contributed by atoms with van der Waals surface area (Å²) in [6.45, 7) is 7.38. The molecule has 0 radical (unpaired) electrons. The molecule has 0 aliphatic carbocycles. The van der Waals surface area contributed by atoms with Crippen molar-refractivity contribution >= 4 is 29.1 Å². The standard InChI is InChI=1S/C21H26ClN3O4/c1-12(29-5)16-10-14(22)8-13(19(16)27)9-18(26)24-15-6-7-23-17(11-15)20(28)25-21(2,3)4/h6-8,10-12,27H,9H2,1-5H3,(H,25,28)(H,23,24,26). The number of nitrogens with zero attached hydrogens (tertiary/aromatic N) is 1. The number of anilines is 1. The van der Waals surface area contributed by atoms with E-state index in [9.17, 15) is 14.7 Å². The summed E-state index contributed by atoms with van der Waals surface area (Å²) in [6, 6.07) is 6.23. The fourth-order valence-corrected chi connectivity index (χ4v) is 2.91. The van der Waals surface area contributed by atoms with Gasteiger partial charge in [0.2, 0.25) is 5.91 Å². The molecule has 0 bridgehead atoms. The molecule has 7 nitrogen and oxygen atoms in total. The van der Waals surface area contributed by atoms with Crippen LogP contribution in [-0.4, -0.2) is 34.6 Å². The number of phenols is 1. The summed E-state index contributed by atoms with van der Waals surface area (Å²) in [6.07, 6.45) is 0.976. The predicted octanol–water partition coefficient (Wildman–Crippen LogP) is 3.86. The van der Waals surface area contributed by atoms with E-state index in [1.165, 1.54) is 25.4 Å². The molecule has 0 fully saturated rings. The Balaban J connectivity index is 2.15. The molecule has 0 saturated carbocycles. The van der Waals surface area contributed by atoms with E-state index >= 15 is 0 Å². The van der Waals surface area contributed by atoms with Crippen LogP contribution in [0.25, 0.3) is 0 Å². The highest BCUT2D eigenvalue weighted by Crippen LogP contribution is 2.33. The van der Waals surface area contributed by atoms with E-state index < -0.39 is 5.54 Å². The molecule has 3 N–H and O–H groups in total. The van der Waals surface area contributed by atoms with E-state index in [0.29, 0.717) is 21.8 Å². The van der Waals surface area contributed by atoms with Gasteiger partial charge in [0.1, 0.15) is 11.4 Å². The summed E-state index contributed by atoms with van der Waals surface area (Å²) in [5.74, 6) is -0.731. The van der Waals surface area contributed by atoms with Gasteiger partial charge in [0.15, 0.2) is 0 Å². The second-order valence-electron chi connectivity index (χ2n) is 7.74. The number of rotatable bonds is 6. The number of pyridine rings is 1. The van der Waals surface area contributed by atoms with Crippen LogP contribution in [0.3, 0.4) is 0 Å². The molecule has 1 aromatic heterocycles. The number of hydrogen-bond donors (Lipinski definition) is 3. The third-order valence-corrected chi connectivity index (χ3v) is 4.31. The van der Waals surface area contributed by atoms with Crippen LogP contribution >= 0.6 is 11.6 Å². The summed E-state index contributed by atoms with van der Waals surface area (Å²) in [7, 11) is 1.52. The summed E-state index contributed by atoms with van der Waals surface area (Å²) in [5, 5.41) is 16.4. The first-order valence-corrected chi connectivity index (χ1v) is 9.50. The van der Waals surface area contributed by atoms with Gasteiger partial charge in [-0.05, 0) is 52.0 Å². The van der Waals surface area contributed by atoms with Crippen molar-refractivity contribution in [3.8, 4) is 5.75 Å². The Bertz CT molecular complexity index is 909. The van der Waals surface area contributed by atoms with Crippen molar-refractivity contribution in [3.05, 3.63) is 52.3 Å². The molecule has 8 heteroatoms. The van der Waals surface area contributed by atoms with Crippen LogP contribution in [0.5, 0.6) is 5.75 Å². The first-order chi connectivity index (χ1) is 13.5. The van der Waals surface area contributed by atoms with Crippen molar-refractivity contribution in [1.29, 1.82) is 0 Å². The number of nitrogens with one attached hydrogen (secondary N) is 2. The molecule has 2 amide bonds. The highest BCUT2D eigenvalue weighted by atomic mass is 35.5. The minimum atomic E-state index is -0.404. The van der Waals surface area contributed by atoms with Crippen LogP contribution < -0.4 is 10.6 Å². The Morgan fingerprint density at radius 3 is 2.59 bits per heavy atom. The van der Waals surface area contributed by atoms with Crippen molar-refractivity contribution < 1.29 is 19.4 Å². The monoisotopic (exact) mass is 419 g/mol. The van der Waals surface area contributed by atoms with Gasteiger partial charge in [0, 0.05) is 40.7 Å². The predicted molar refractivity (Wildman–Crippen MR) is 112 cm³/mol. The van der Waals surface area contributed by atoms with E-state index in [1.807, 2.05) is 20.8 Å². The molecule has 0 aliphatic rings. The zero-order valence-corrected chi connectivity index (χ0v) is 17.9. The van der Waals surface area contributed by atoms with Gasteiger partial charge in [-0.3, -0.25) is 14.6 Å². The third-order valence-electron chi connectivity index (χ3n) is 4.09. The van der Waals surface area contributed by atoms with Gasteiger partial charge in [0.25, 0.3) is 5.91 Å². The fourth-order valence-electron chi connectivity index (χ4n) is 2.67. The number of aromatic hydroxyl groups is 1. The molecule has 29 heavy (non-hydrogen) atoms. The summed E-state index contributed by atoms with van der Waals surface area (Å²) in [4.78, 5) is 28.8. The molecule has 1 heterocycles. The fraction of sp³-hybridized carbons (Fsp3) is 0.381. The van der Waals surface area contributed by atoms with Crippen LogP contribution in [0.2, 0.25) is 5.02 Å². The van der Waals surface area contributed by atoms with Crippen LogP contribution in [0.1, 0.15) is 55.4 Å². The molecule has 0 spiro atoms. The van der Waals surface area contributed by atoms with Gasteiger partial charge < -0.3 is 20.5 Å². The van der Waals surface area contributed by atoms with Gasteiger partial charge in [-0.25, -0.2) is 0 Å². The van der Waals surface area contributed by atoms with Gasteiger partial charge in [-0.1, -0.05) is 11.6 Å². The molecule has 2 rings (SSSR count). The summed E-state index contributed by atoms with van der Waals surface area (Å²) < 4.78 is 5.23. The molecular formula is C21H26ClN3O4. The van der Waals surface area contributed by atoms with Gasteiger partial charge >= 0.3 is 0 Å². The van der Waals surface area contributed by atoms with E-state index in [1.54, 1.807) is 19.1 Å². The van der Waals surface area contributed by atoms with Gasteiger partial charge in [-0.2, -0.15) is 0 Å². The first-order valence-electron chi connectivity index (χ1n) is 9.12. The second kappa shape index (κ2) is 9.24. The number of amides is 2. The number of halogens is 1. The lowest BCUT2D eigenvalue weighted by Gasteiger charge is -2.20. The van der Waals surface area contributed by atoms with Gasteiger partial charge in [0.05, 0.1) is 12.5 Å². The van der Waals surface area contributed by atoms with E-state index in [4.69, 9.17) is 16.3 Å². The largest absolute Gasteiger partial charge is 0.507 e. The number of phenolic OH excluding ortho intramolecular Hbond substituents is 1. The Labute approximate surface area is 175 Å². The molecular weight excluding hydrogens is 394 g/mol. The van der Waals surface area contributed by atoms with Crippen molar-refractivity contribution in [1.82, 2.24) is 10.3 Å². The van der Waals surface area contributed by atoms with Gasteiger partial charge in [-0.15, -0.1) is 0 Å². The van der Waals surface area contributed by atoms with Crippen molar-refractivity contribution in [3.63, 3.8) is 0 Å². The maximum atomic E-state index is 12.5. The Morgan fingerprint density at radius 2 is 1.97 bits per heavy atom. The topological polar surface area (TPSA) is 101 Å². The number of hydrogen-bond acceptors (Lipinski definition) is 5. The average molecular weight is 420 g/mol. The van der Waals surface area contributed by atoms with Crippen LogP contribution in [-0.2, 0) is 16.0 Å². The Kier molecular flexibility index (Phi) is 7.21. The number of carbonyl (C=O) groups is 2. The third kappa shape index (κ3) is 6.44. The lowest BCUT2D eigenvalue weighted by atomic mass is 10.0. The van der Waals surface area contributed by atoms with Crippen molar-refractivity contribution in [2.45, 2.75) is 45.8 Å². The molecule has 2 aromatic rings. The number of carbonyl (C=O) groups excluding carboxylic acids is 2. The number of ether oxygens (including phenoxy) is 1. The smallest absolute Gasteiger partial charge is 0.270 e. The average Bonchev–Trinajstić information content (AvgIpc) is 2.62. The Morgan fingerprint density at radius 1 is 1.28 bits per heavy atom. The SMILES string of the molecule is COC(C)c1cc(Cl)cc(CC(=O)Nc2ccnc(C(=O)NC(C)(C)C)c2)c1O. The Hall–Kier alpha value is -2.64. The van der Waals surface area contributed by atoms with Crippen LogP contribution in [0.4, 0.5) is 5.69 Å². The molecule has 1 aromatic carbocycles. The minimum Gasteiger partial charge on any atom is -0.507 e. The zero-order valence-electron chi connectivity index (χ0n) is 17.2. The van der Waals surface area contributed by atoms with Crippen molar-refractivity contribution in [2.75, 3.05) is 12.4 Å². The zero-order chi connectivity index (χ0) is 21.8. The number of benzene rings is 1. The van der Waals surface area contributed by atoms with E-state index in [-0.39, 0.29) is 35.8 Å². The lowest BCUT2D eigenvalue weighted by Crippen LogP contribution is -2.40. The summed E-state index contributed by atoms with van der Waals surface area (Å²) >= 11 is 6.12. The normalized spacial score (nSPS) is 12.3.